The minimum Gasteiger partial charge on any atom is -0.349 e. The Bertz CT molecular complexity index is 1060. The van der Waals surface area contributed by atoms with Crippen LogP contribution in [0.25, 0.3) is 0 Å². The van der Waals surface area contributed by atoms with Crippen LogP contribution in [0.3, 0.4) is 0 Å². The molecule has 0 radical (unpaired) electrons. The van der Waals surface area contributed by atoms with Crippen molar-refractivity contribution in [2.45, 2.75) is 23.8 Å². The van der Waals surface area contributed by atoms with Gasteiger partial charge in [0.05, 0.1) is 6.04 Å². The summed E-state index contributed by atoms with van der Waals surface area (Å²) >= 11 is 5.69. The average molecular weight is 444 g/mol. The lowest BCUT2D eigenvalue weighted by Crippen LogP contribution is -2.33. The molecule has 0 aliphatic carbocycles. The van der Waals surface area contributed by atoms with E-state index in [0.29, 0.717) is 6.42 Å². The fourth-order valence-corrected chi connectivity index (χ4v) is 4.05. The Kier molecular flexibility index (Phi) is 7.57. The lowest BCUT2D eigenvalue weighted by atomic mass is 9.98. The third-order valence-corrected chi connectivity index (χ3v) is 6.14. The van der Waals surface area contributed by atoms with E-state index >= 15 is 0 Å². The van der Waals surface area contributed by atoms with Crippen LogP contribution in [0.1, 0.15) is 23.6 Å². The zero-order chi connectivity index (χ0) is 21.4. The molecule has 0 spiro atoms. The summed E-state index contributed by atoms with van der Waals surface area (Å²) in [5.74, 6) is -0.239. The van der Waals surface area contributed by atoms with Gasteiger partial charge in [0.1, 0.15) is 10.0 Å². The van der Waals surface area contributed by atoms with E-state index in [1.54, 1.807) is 0 Å². The number of nitrogens with zero attached hydrogens (tertiary/aromatic N) is 1. The zero-order valence-electron chi connectivity index (χ0n) is 16.2. The second-order valence-electron chi connectivity index (χ2n) is 6.68. The fourth-order valence-electron chi connectivity index (χ4n) is 2.96. The van der Waals surface area contributed by atoms with E-state index in [9.17, 15) is 13.2 Å². The monoisotopic (exact) mass is 443 g/mol. The number of carbonyl (C=O) groups excluding carboxylic acids is 1. The van der Waals surface area contributed by atoms with E-state index < -0.39 is 10.0 Å². The molecule has 0 saturated carbocycles. The SMILES string of the molecule is O=C(CCNS(=O)(=O)c1ccc(Cl)nc1)NC(Cc1ccccc1)c1ccccc1. The van der Waals surface area contributed by atoms with Crippen molar-refractivity contribution in [3.8, 4) is 0 Å². The quantitative estimate of drug-likeness (QED) is 0.495. The maximum absolute atomic E-state index is 12.5. The largest absolute Gasteiger partial charge is 0.349 e. The van der Waals surface area contributed by atoms with E-state index in [0.717, 1.165) is 11.1 Å². The van der Waals surface area contributed by atoms with Crippen molar-refractivity contribution in [2.24, 2.45) is 0 Å². The Morgan fingerprint density at radius 3 is 2.27 bits per heavy atom. The summed E-state index contributed by atoms with van der Waals surface area (Å²) in [6, 6.07) is 22.1. The van der Waals surface area contributed by atoms with E-state index in [2.05, 4.69) is 15.0 Å². The number of pyridine rings is 1. The predicted molar refractivity (Wildman–Crippen MR) is 117 cm³/mol. The standard InChI is InChI=1S/C22H22ClN3O3S/c23-21-12-11-19(16-24-21)30(28,29)25-14-13-22(27)26-20(18-9-5-2-6-10-18)15-17-7-3-1-4-8-17/h1-12,16,20,25H,13-15H2,(H,26,27). The van der Waals surface area contributed by atoms with Gasteiger partial charge in [0.2, 0.25) is 15.9 Å². The molecular weight excluding hydrogens is 422 g/mol. The molecule has 1 heterocycles. The molecule has 3 rings (SSSR count). The maximum atomic E-state index is 12.5. The van der Waals surface area contributed by atoms with Gasteiger partial charge in [0.15, 0.2) is 0 Å². The first-order chi connectivity index (χ1) is 14.4. The first kappa shape index (κ1) is 22.0. The van der Waals surface area contributed by atoms with Crippen molar-refractivity contribution in [1.82, 2.24) is 15.0 Å². The normalized spacial score (nSPS) is 12.3. The molecule has 2 N–H and O–H groups in total. The Labute approximate surface area is 181 Å². The molecule has 156 valence electrons. The van der Waals surface area contributed by atoms with Gasteiger partial charge in [-0.3, -0.25) is 4.79 Å². The van der Waals surface area contributed by atoms with Crippen LogP contribution in [-0.2, 0) is 21.2 Å². The van der Waals surface area contributed by atoms with Gasteiger partial charge in [-0.25, -0.2) is 18.1 Å². The van der Waals surface area contributed by atoms with Crippen LogP contribution in [-0.4, -0.2) is 25.9 Å². The summed E-state index contributed by atoms with van der Waals surface area (Å²) in [5, 5.41) is 3.22. The molecule has 1 atom stereocenters. The molecule has 8 heteroatoms. The van der Waals surface area contributed by atoms with Crippen molar-refractivity contribution in [2.75, 3.05) is 6.54 Å². The van der Waals surface area contributed by atoms with E-state index in [1.165, 1.54) is 18.3 Å². The molecule has 2 aromatic carbocycles. The Morgan fingerprint density at radius 2 is 1.63 bits per heavy atom. The average Bonchev–Trinajstić information content (AvgIpc) is 2.75. The Hall–Kier alpha value is -2.74. The lowest BCUT2D eigenvalue weighted by molar-refractivity contribution is -0.121. The minimum atomic E-state index is -3.75. The first-order valence-corrected chi connectivity index (χ1v) is 11.3. The van der Waals surface area contributed by atoms with Crippen LogP contribution in [0.15, 0.2) is 83.9 Å². The van der Waals surface area contributed by atoms with E-state index in [-0.39, 0.29) is 35.0 Å². The number of hydrogen-bond acceptors (Lipinski definition) is 4. The number of carbonyl (C=O) groups is 1. The molecule has 6 nitrogen and oxygen atoms in total. The molecule has 3 aromatic rings. The van der Waals surface area contributed by atoms with Gasteiger partial charge in [-0.2, -0.15) is 0 Å². The minimum absolute atomic E-state index is 0.00134. The first-order valence-electron chi connectivity index (χ1n) is 9.43. The summed E-state index contributed by atoms with van der Waals surface area (Å²) in [6.07, 6.45) is 1.83. The van der Waals surface area contributed by atoms with Crippen LogP contribution in [0.5, 0.6) is 0 Å². The third kappa shape index (κ3) is 6.38. The summed E-state index contributed by atoms with van der Waals surface area (Å²) in [5.41, 5.74) is 2.09. The number of hydrogen-bond donors (Lipinski definition) is 2. The number of nitrogens with one attached hydrogen (secondary N) is 2. The van der Waals surface area contributed by atoms with Gasteiger partial charge in [-0.05, 0) is 29.7 Å². The second-order valence-corrected chi connectivity index (χ2v) is 8.84. The van der Waals surface area contributed by atoms with Crippen molar-refractivity contribution >= 4 is 27.5 Å². The molecular formula is C22H22ClN3O3S. The highest BCUT2D eigenvalue weighted by Gasteiger charge is 2.17. The number of amides is 1. The smallest absolute Gasteiger partial charge is 0.242 e. The van der Waals surface area contributed by atoms with Crippen LogP contribution in [0, 0.1) is 0 Å². The van der Waals surface area contributed by atoms with Crippen LogP contribution < -0.4 is 10.0 Å². The molecule has 0 bridgehead atoms. The number of aromatic nitrogens is 1. The van der Waals surface area contributed by atoms with Gasteiger partial charge >= 0.3 is 0 Å². The molecule has 0 aliphatic rings. The van der Waals surface area contributed by atoms with Gasteiger partial charge in [0, 0.05) is 19.2 Å². The summed E-state index contributed by atoms with van der Waals surface area (Å²) in [4.78, 5) is 16.3. The highest BCUT2D eigenvalue weighted by Crippen LogP contribution is 2.18. The van der Waals surface area contributed by atoms with Gasteiger partial charge in [-0.1, -0.05) is 72.3 Å². The molecule has 0 aliphatic heterocycles. The summed E-state index contributed by atoms with van der Waals surface area (Å²) < 4.78 is 27.0. The highest BCUT2D eigenvalue weighted by atomic mass is 35.5. The summed E-state index contributed by atoms with van der Waals surface area (Å²) in [7, 11) is -3.75. The van der Waals surface area contributed by atoms with E-state index in [1.807, 2.05) is 60.7 Å². The molecule has 1 unspecified atom stereocenters. The Morgan fingerprint density at radius 1 is 0.967 bits per heavy atom. The van der Waals surface area contributed by atoms with Gasteiger partial charge < -0.3 is 5.32 Å². The number of halogens is 1. The molecule has 1 aromatic heterocycles. The number of benzene rings is 2. The van der Waals surface area contributed by atoms with Crippen LogP contribution >= 0.6 is 11.6 Å². The molecule has 0 saturated heterocycles. The van der Waals surface area contributed by atoms with Gasteiger partial charge in [-0.15, -0.1) is 0 Å². The molecule has 0 fully saturated rings. The van der Waals surface area contributed by atoms with E-state index in [4.69, 9.17) is 11.6 Å². The van der Waals surface area contributed by atoms with Crippen molar-refractivity contribution < 1.29 is 13.2 Å². The van der Waals surface area contributed by atoms with Crippen molar-refractivity contribution in [1.29, 1.82) is 0 Å². The molecule has 1 amide bonds. The fraction of sp³-hybridized carbons (Fsp3) is 0.182. The van der Waals surface area contributed by atoms with Crippen molar-refractivity contribution in [3.63, 3.8) is 0 Å². The zero-order valence-corrected chi connectivity index (χ0v) is 17.7. The maximum Gasteiger partial charge on any atom is 0.242 e. The number of sulfonamides is 1. The topological polar surface area (TPSA) is 88.2 Å². The van der Waals surface area contributed by atoms with Gasteiger partial charge in [0.25, 0.3) is 0 Å². The Balaban J connectivity index is 1.59. The van der Waals surface area contributed by atoms with Crippen molar-refractivity contribution in [3.05, 3.63) is 95.3 Å². The number of rotatable bonds is 9. The van der Waals surface area contributed by atoms with Crippen LogP contribution in [0.4, 0.5) is 0 Å². The van der Waals surface area contributed by atoms with Crippen LogP contribution in [0.2, 0.25) is 5.15 Å². The second kappa shape index (κ2) is 10.3. The predicted octanol–water partition coefficient (Wildman–Crippen LogP) is 3.50. The lowest BCUT2D eigenvalue weighted by Gasteiger charge is -2.20. The molecule has 30 heavy (non-hydrogen) atoms. The summed E-state index contributed by atoms with van der Waals surface area (Å²) in [6.45, 7) is -0.0242. The highest BCUT2D eigenvalue weighted by molar-refractivity contribution is 7.89. The third-order valence-electron chi connectivity index (χ3n) is 4.47.